The highest BCUT2D eigenvalue weighted by Crippen LogP contribution is 2.34. The van der Waals surface area contributed by atoms with Gasteiger partial charge < -0.3 is 5.73 Å². The average molecular weight is 139 g/mol. The van der Waals surface area contributed by atoms with Gasteiger partial charge >= 0.3 is 0 Å². The van der Waals surface area contributed by atoms with Crippen LogP contribution in [0.1, 0.15) is 6.42 Å². The zero-order chi connectivity index (χ0) is 7.19. The zero-order valence-electron chi connectivity index (χ0n) is 6.08. The van der Waals surface area contributed by atoms with E-state index in [4.69, 9.17) is 5.73 Å². The first kappa shape index (κ1) is 6.31. The van der Waals surface area contributed by atoms with Crippen molar-refractivity contribution in [3.05, 3.63) is 0 Å². The minimum atomic E-state index is -0.307. The Labute approximate surface area is 60.9 Å². The molecule has 2 N–H and O–H groups in total. The highest BCUT2D eigenvalue weighted by atomic mass is 15.3. The second-order valence-corrected chi connectivity index (χ2v) is 3.37. The van der Waals surface area contributed by atoms with Crippen LogP contribution in [0, 0.1) is 5.92 Å². The minimum Gasteiger partial charge on any atom is -0.306 e. The van der Waals surface area contributed by atoms with E-state index in [1.54, 1.807) is 0 Å². The molecule has 0 aromatic carbocycles. The Morgan fingerprint density at radius 1 is 1.70 bits per heavy atom. The Morgan fingerprint density at radius 3 is 2.80 bits per heavy atom. The fourth-order valence-electron chi connectivity index (χ4n) is 2.05. The number of aliphatic imine (C=N–C) groups is 1. The molecule has 2 bridgehead atoms. The molecular weight excluding hydrogens is 126 g/mol. The third kappa shape index (κ3) is 0.646. The smallest absolute Gasteiger partial charge is 0.124 e. The normalized spacial score (nSPS) is 51.7. The van der Waals surface area contributed by atoms with Crippen LogP contribution < -0.4 is 5.73 Å². The molecule has 0 amide bonds. The number of nitrogens with zero attached hydrogens (tertiary/aromatic N) is 2. The molecule has 56 valence electrons. The van der Waals surface area contributed by atoms with E-state index in [2.05, 4.69) is 16.6 Å². The summed E-state index contributed by atoms with van der Waals surface area (Å²) in [5.41, 5.74) is 5.67. The van der Waals surface area contributed by atoms with Gasteiger partial charge in [-0.2, -0.15) is 0 Å². The molecule has 0 saturated carbocycles. The van der Waals surface area contributed by atoms with Crippen LogP contribution in [-0.2, 0) is 0 Å². The van der Waals surface area contributed by atoms with Crippen molar-refractivity contribution in [3.63, 3.8) is 0 Å². The molecule has 10 heavy (non-hydrogen) atoms. The summed E-state index contributed by atoms with van der Waals surface area (Å²) in [6.45, 7) is 6.79. The van der Waals surface area contributed by atoms with Crippen LogP contribution in [0.5, 0.6) is 0 Å². The van der Waals surface area contributed by atoms with Gasteiger partial charge in [0.2, 0.25) is 0 Å². The van der Waals surface area contributed by atoms with Crippen LogP contribution in [-0.4, -0.2) is 36.9 Å². The number of rotatable bonds is 1. The largest absolute Gasteiger partial charge is 0.306 e. The molecule has 3 nitrogen and oxygen atoms in total. The Morgan fingerprint density at radius 2 is 2.50 bits per heavy atom. The van der Waals surface area contributed by atoms with Gasteiger partial charge in [0.1, 0.15) is 5.66 Å². The average Bonchev–Trinajstić information content (AvgIpc) is 2.46. The van der Waals surface area contributed by atoms with Crippen molar-refractivity contribution >= 4 is 6.72 Å². The standard InChI is InChI=1S/C7H13N3/c1-9-7(8)5-10-3-2-6(7)4-10/h6H,1-5,8H2. The van der Waals surface area contributed by atoms with Gasteiger partial charge in [0.25, 0.3) is 0 Å². The molecule has 2 heterocycles. The lowest BCUT2D eigenvalue weighted by molar-refractivity contribution is 0.268. The maximum Gasteiger partial charge on any atom is 0.124 e. The Balaban J connectivity index is 2.21. The van der Waals surface area contributed by atoms with E-state index in [9.17, 15) is 0 Å². The molecule has 3 unspecified atom stereocenters. The number of nitrogens with two attached hydrogens (primary N) is 1. The predicted molar refractivity (Wildman–Crippen MR) is 41.0 cm³/mol. The van der Waals surface area contributed by atoms with Crippen LogP contribution in [0.4, 0.5) is 0 Å². The number of piperidine rings is 1. The van der Waals surface area contributed by atoms with Gasteiger partial charge in [0.15, 0.2) is 0 Å². The van der Waals surface area contributed by atoms with E-state index in [0.717, 1.165) is 13.1 Å². The quantitative estimate of drug-likeness (QED) is 0.506. The zero-order valence-corrected chi connectivity index (χ0v) is 6.08. The third-order valence-electron chi connectivity index (χ3n) is 2.75. The van der Waals surface area contributed by atoms with Crippen molar-refractivity contribution in [1.29, 1.82) is 0 Å². The summed E-state index contributed by atoms with van der Waals surface area (Å²) in [6.07, 6.45) is 1.20. The summed E-state index contributed by atoms with van der Waals surface area (Å²) in [7, 11) is 0. The molecule has 0 aliphatic carbocycles. The number of hydrogen-bond donors (Lipinski definition) is 1. The molecule has 2 rings (SSSR count). The van der Waals surface area contributed by atoms with Gasteiger partial charge in [0.05, 0.1) is 0 Å². The maximum atomic E-state index is 5.97. The maximum absolute atomic E-state index is 5.97. The van der Waals surface area contributed by atoms with E-state index in [0.29, 0.717) is 5.92 Å². The summed E-state index contributed by atoms with van der Waals surface area (Å²) in [5.74, 6) is 0.574. The molecule has 0 aromatic rings. The van der Waals surface area contributed by atoms with Gasteiger partial charge in [-0.15, -0.1) is 0 Å². The summed E-state index contributed by atoms with van der Waals surface area (Å²) < 4.78 is 0. The summed E-state index contributed by atoms with van der Waals surface area (Å²) in [6, 6.07) is 0. The topological polar surface area (TPSA) is 41.6 Å². The Bertz CT molecular complexity index is 168. The molecule has 3 heteroatoms. The van der Waals surface area contributed by atoms with Crippen LogP contribution in [0.3, 0.4) is 0 Å². The summed E-state index contributed by atoms with van der Waals surface area (Å²) in [4.78, 5) is 6.35. The highest BCUT2D eigenvalue weighted by Gasteiger charge is 2.46. The van der Waals surface area contributed by atoms with E-state index in [-0.39, 0.29) is 5.66 Å². The van der Waals surface area contributed by atoms with Gasteiger partial charge in [-0.25, -0.2) is 0 Å². The van der Waals surface area contributed by atoms with Crippen LogP contribution >= 0.6 is 0 Å². The fourth-order valence-corrected chi connectivity index (χ4v) is 2.05. The minimum absolute atomic E-state index is 0.307. The van der Waals surface area contributed by atoms with Crippen molar-refractivity contribution < 1.29 is 0 Å². The first-order valence-corrected chi connectivity index (χ1v) is 3.74. The lowest BCUT2D eigenvalue weighted by Gasteiger charge is -2.28. The van der Waals surface area contributed by atoms with Gasteiger partial charge in [-0.3, -0.25) is 9.89 Å². The first-order chi connectivity index (χ1) is 4.74. The molecule has 3 atom stereocenters. The van der Waals surface area contributed by atoms with E-state index in [1.807, 2.05) is 0 Å². The lowest BCUT2D eigenvalue weighted by atomic mass is 9.94. The highest BCUT2D eigenvalue weighted by molar-refractivity contribution is 5.27. The molecule has 2 aliphatic rings. The van der Waals surface area contributed by atoms with Crippen LogP contribution in [0.2, 0.25) is 0 Å². The van der Waals surface area contributed by atoms with Gasteiger partial charge in [-0.05, 0) is 19.7 Å². The first-order valence-electron chi connectivity index (χ1n) is 3.74. The van der Waals surface area contributed by atoms with Crippen molar-refractivity contribution in [2.75, 3.05) is 19.6 Å². The summed E-state index contributed by atoms with van der Waals surface area (Å²) in [5, 5.41) is 0. The fraction of sp³-hybridized carbons (Fsp3) is 0.857. The second kappa shape index (κ2) is 1.80. The predicted octanol–water partition coefficient (Wildman–Crippen LogP) is -0.323. The van der Waals surface area contributed by atoms with Crippen molar-refractivity contribution in [1.82, 2.24) is 4.90 Å². The Hall–Kier alpha value is -0.410. The molecular formula is C7H13N3. The molecule has 2 saturated heterocycles. The van der Waals surface area contributed by atoms with E-state index in [1.165, 1.54) is 13.0 Å². The third-order valence-corrected chi connectivity index (χ3v) is 2.75. The number of fused-ring (bicyclic) bond motifs is 2. The van der Waals surface area contributed by atoms with Crippen molar-refractivity contribution in [2.24, 2.45) is 16.6 Å². The van der Waals surface area contributed by atoms with Crippen molar-refractivity contribution in [3.8, 4) is 0 Å². The monoisotopic (exact) mass is 139 g/mol. The molecule has 2 fully saturated rings. The van der Waals surface area contributed by atoms with Crippen LogP contribution in [0.15, 0.2) is 4.99 Å². The van der Waals surface area contributed by atoms with Crippen molar-refractivity contribution in [2.45, 2.75) is 12.1 Å². The number of hydrogen-bond acceptors (Lipinski definition) is 3. The molecule has 0 spiro atoms. The van der Waals surface area contributed by atoms with Gasteiger partial charge in [-0.1, -0.05) is 0 Å². The second-order valence-electron chi connectivity index (χ2n) is 3.37. The molecule has 2 aliphatic heterocycles. The van der Waals surface area contributed by atoms with E-state index < -0.39 is 0 Å². The van der Waals surface area contributed by atoms with Crippen LogP contribution in [0.25, 0.3) is 0 Å². The van der Waals surface area contributed by atoms with E-state index >= 15 is 0 Å². The SMILES string of the molecule is C=NC1(N)CN2CCC1C2. The molecule has 0 radical (unpaired) electrons. The van der Waals surface area contributed by atoms with Gasteiger partial charge in [0, 0.05) is 19.0 Å². The summed E-state index contributed by atoms with van der Waals surface area (Å²) >= 11 is 0. The molecule has 0 aromatic heterocycles. The Kier molecular flexibility index (Phi) is 1.13. The lowest BCUT2D eigenvalue weighted by Crippen LogP contribution is -2.48.